The van der Waals surface area contributed by atoms with E-state index in [1.54, 1.807) is 28.6 Å². The van der Waals surface area contributed by atoms with E-state index in [-0.39, 0.29) is 22.7 Å². The van der Waals surface area contributed by atoms with Crippen LogP contribution < -0.4 is 5.32 Å². The molecule has 1 spiro atoms. The maximum atomic E-state index is 12.6. The fourth-order valence-electron chi connectivity index (χ4n) is 3.04. The normalized spacial score (nSPS) is 26.9. The molecule has 0 aromatic heterocycles. The zero-order valence-electron chi connectivity index (χ0n) is 11.0. The maximum absolute atomic E-state index is 12.6. The lowest BCUT2D eigenvalue weighted by molar-refractivity contribution is 0.338. The van der Waals surface area contributed by atoms with Gasteiger partial charge >= 0.3 is 0 Å². The third kappa shape index (κ3) is 2.70. The van der Waals surface area contributed by atoms with Crippen LogP contribution in [0.5, 0.6) is 0 Å². The van der Waals surface area contributed by atoms with Crippen molar-refractivity contribution < 1.29 is 8.42 Å². The van der Waals surface area contributed by atoms with Gasteiger partial charge in [0.05, 0.1) is 5.02 Å². The first-order valence-corrected chi connectivity index (χ1v) is 8.31. The molecule has 1 aromatic carbocycles. The Kier molecular flexibility index (Phi) is 4.66. The van der Waals surface area contributed by atoms with Crippen molar-refractivity contribution in [2.75, 3.05) is 26.2 Å². The van der Waals surface area contributed by atoms with E-state index in [2.05, 4.69) is 5.32 Å². The van der Waals surface area contributed by atoms with E-state index in [0.717, 1.165) is 25.9 Å². The maximum Gasteiger partial charge on any atom is 0.244 e. The predicted molar refractivity (Wildman–Crippen MR) is 82.0 cm³/mol. The van der Waals surface area contributed by atoms with Gasteiger partial charge in [-0.3, -0.25) is 0 Å². The Bertz CT molecular complexity index is 586. The smallest absolute Gasteiger partial charge is 0.244 e. The molecule has 20 heavy (non-hydrogen) atoms. The Morgan fingerprint density at radius 1 is 1.25 bits per heavy atom. The number of hydrogen-bond donors (Lipinski definition) is 1. The Balaban J connectivity index is 0.00000147. The molecule has 0 amide bonds. The molecule has 2 aliphatic rings. The van der Waals surface area contributed by atoms with E-state index < -0.39 is 10.0 Å². The molecule has 7 heteroatoms. The summed E-state index contributed by atoms with van der Waals surface area (Å²) in [5, 5.41) is 3.63. The summed E-state index contributed by atoms with van der Waals surface area (Å²) in [5.41, 5.74) is 0.133. The number of halogens is 2. The Morgan fingerprint density at radius 2 is 2.00 bits per heavy atom. The Hall–Kier alpha value is -0.330. The molecule has 0 saturated carbocycles. The highest BCUT2D eigenvalue weighted by molar-refractivity contribution is 7.89. The van der Waals surface area contributed by atoms with E-state index in [0.29, 0.717) is 18.1 Å². The van der Waals surface area contributed by atoms with Crippen molar-refractivity contribution in [1.82, 2.24) is 9.62 Å². The molecule has 1 atom stereocenters. The molecular weight excluding hydrogens is 319 g/mol. The summed E-state index contributed by atoms with van der Waals surface area (Å²) >= 11 is 6.02. The number of nitrogens with one attached hydrogen (secondary N) is 1. The molecule has 1 N–H and O–H groups in total. The minimum Gasteiger partial charge on any atom is -0.316 e. The van der Waals surface area contributed by atoms with Crippen molar-refractivity contribution in [2.24, 2.45) is 5.41 Å². The molecule has 0 aliphatic carbocycles. The number of nitrogens with zero attached hydrogens (tertiary/aromatic N) is 1. The van der Waals surface area contributed by atoms with Crippen LogP contribution in [0.4, 0.5) is 0 Å². The number of sulfonamides is 1. The fraction of sp³-hybridized carbons (Fsp3) is 0.538. The number of hydrogen-bond acceptors (Lipinski definition) is 3. The van der Waals surface area contributed by atoms with Crippen LogP contribution in [0.15, 0.2) is 29.2 Å². The second kappa shape index (κ2) is 5.81. The second-order valence-corrected chi connectivity index (χ2v) is 7.76. The van der Waals surface area contributed by atoms with Crippen molar-refractivity contribution in [2.45, 2.75) is 17.7 Å². The molecular formula is C13H18Cl2N2O2S. The highest BCUT2D eigenvalue weighted by atomic mass is 35.5. The monoisotopic (exact) mass is 336 g/mol. The third-order valence-electron chi connectivity index (χ3n) is 4.19. The van der Waals surface area contributed by atoms with Gasteiger partial charge < -0.3 is 5.32 Å². The average molecular weight is 337 g/mol. The third-order valence-corrected chi connectivity index (χ3v) is 6.53. The topological polar surface area (TPSA) is 49.4 Å². The molecule has 2 heterocycles. The van der Waals surface area contributed by atoms with Crippen LogP contribution in [0.3, 0.4) is 0 Å². The molecule has 2 saturated heterocycles. The quantitative estimate of drug-likeness (QED) is 0.900. The summed E-state index contributed by atoms with van der Waals surface area (Å²) < 4.78 is 26.8. The van der Waals surface area contributed by atoms with Crippen LogP contribution in [0, 0.1) is 5.41 Å². The van der Waals surface area contributed by atoms with Crippen LogP contribution in [0.1, 0.15) is 12.8 Å². The molecule has 4 nitrogen and oxygen atoms in total. The number of benzene rings is 1. The molecule has 3 rings (SSSR count). The van der Waals surface area contributed by atoms with Gasteiger partial charge in [0.25, 0.3) is 0 Å². The summed E-state index contributed by atoms with van der Waals surface area (Å²) in [6.45, 7) is 3.10. The summed E-state index contributed by atoms with van der Waals surface area (Å²) in [5.74, 6) is 0. The van der Waals surface area contributed by atoms with E-state index in [1.165, 1.54) is 0 Å². The molecule has 2 aliphatic heterocycles. The second-order valence-electron chi connectivity index (χ2n) is 5.45. The van der Waals surface area contributed by atoms with Gasteiger partial charge in [-0.15, -0.1) is 12.4 Å². The summed E-state index contributed by atoms with van der Waals surface area (Å²) in [4.78, 5) is 0.222. The molecule has 0 radical (unpaired) electrons. The largest absolute Gasteiger partial charge is 0.316 e. The molecule has 1 unspecified atom stereocenters. The highest BCUT2D eigenvalue weighted by Gasteiger charge is 2.44. The summed E-state index contributed by atoms with van der Waals surface area (Å²) in [7, 11) is -3.46. The van der Waals surface area contributed by atoms with Gasteiger partial charge in [-0.05, 0) is 36.9 Å². The Labute approximate surface area is 131 Å². The van der Waals surface area contributed by atoms with Crippen molar-refractivity contribution in [3.8, 4) is 0 Å². The lowest BCUT2D eigenvalue weighted by Gasteiger charge is -2.22. The van der Waals surface area contributed by atoms with Gasteiger partial charge in [0, 0.05) is 19.6 Å². The SMILES string of the molecule is Cl.O=S(=O)(c1ccccc1Cl)N1CCC2(CCNC2)C1. The van der Waals surface area contributed by atoms with E-state index >= 15 is 0 Å². The van der Waals surface area contributed by atoms with Gasteiger partial charge in [0.2, 0.25) is 10.0 Å². The van der Waals surface area contributed by atoms with Crippen LogP contribution in [-0.2, 0) is 10.0 Å². The van der Waals surface area contributed by atoms with E-state index in [4.69, 9.17) is 11.6 Å². The molecule has 2 fully saturated rings. The van der Waals surface area contributed by atoms with Gasteiger partial charge in [0.1, 0.15) is 4.90 Å². The Morgan fingerprint density at radius 3 is 2.65 bits per heavy atom. The predicted octanol–water partition coefficient (Wildman–Crippen LogP) is 2.14. The van der Waals surface area contributed by atoms with Gasteiger partial charge in [0.15, 0.2) is 0 Å². The minimum atomic E-state index is -3.46. The zero-order chi connectivity index (χ0) is 13.5. The summed E-state index contributed by atoms with van der Waals surface area (Å²) in [6, 6.07) is 6.66. The van der Waals surface area contributed by atoms with Crippen molar-refractivity contribution in [1.29, 1.82) is 0 Å². The van der Waals surface area contributed by atoms with Crippen molar-refractivity contribution >= 4 is 34.0 Å². The van der Waals surface area contributed by atoms with Crippen LogP contribution in [0.2, 0.25) is 5.02 Å². The van der Waals surface area contributed by atoms with Gasteiger partial charge in [-0.1, -0.05) is 23.7 Å². The first-order valence-electron chi connectivity index (χ1n) is 6.49. The minimum absolute atomic E-state index is 0. The van der Waals surface area contributed by atoms with E-state index in [9.17, 15) is 8.42 Å². The standard InChI is InChI=1S/C13H17ClN2O2S.ClH/c14-11-3-1-2-4-12(11)19(17,18)16-8-6-13(10-16)5-7-15-9-13;/h1-4,15H,5-10H2;1H. The van der Waals surface area contributed by atoms with Crippen LogP contribution in [-0.4, -0.2) is 38.9 Å². The van der Waals surface area contributed by atoms with Gasteiger partial charge in [-0.2, -0.15) is 4.31 Å². The lowest BCUT2D eigenvalue weighted by Crippen LogP contribution is -2.33. The molecule has 0 bridgehead atoms. The fourth-order valence-corrected chi connectivity index (χ4v) is 5.08. The zero-order valence-corrected chi connectivity index (χ0v) is 13.4. The first kappa shape index (κ1) is 16.0. The lowest BCUT2D eigenvalue weighted by atomic mass is 9.87. The van der Waals surface area contributed by atoms with E-state index in [1.807, 2.05) is 0 Å². The highest BCUT2D eigenvalue weighted by Crippen LogP contribution is 2.39. The average Bonchev–Trinajstić information content (AvgIpc) is 3.01. The first-order chi connectivity index (χ1) is 9.04. The number of rotatable bonds is 2. The van der Waals surface area contributed by atoms with Crippen LogP contribution >= 0.6 is 24.0 Å². The van der Waals surface area contributed by atoms with Crippen LogP contribution in [0.25, 0.3) is 0 Å². The summed E-state index contributed by atoms with van der Waals surface area (Å²) in [6.07, 6.45) is 1.99. The van der Waals surface area contributed by atoms with Crippen molar-refractivity contribution in [3.05, 3.63) is 29.3 Å². The molecule has 112 valence electrons. The van der Waals surface area contributed by atoms with Crippen molar-refractivity contribution in [3.63, 3.8) is 0 Å². The molecule has 1 aromatic rings. The van der Waals surface area contributed by atoms with Gasteiger partial charge in [-0.25, -0.2) is 8.42 Å².